The summed E-state index contributed by atoms with van der Waals surface area (Å²) in [5.74, 6) is -0.533. The molecule has 21 heavy (non-hydrogen) atoms. The molecule has 6 heteroatoms. The Bertz CT molecular complexity index is 535. The maximum Gasteiger partial charge on any atom is 0.323 e. The molecular weight excluding hydrogens is 272 g/mol. The second kappa shape index (κ2) is 6.47. The zero-order valence-electron chi connectivity index (χ0n) is 13.1. The lowest BCUT2D eigenvalue weighted by Crippen LogP contribution is -2.50. The summed E-state index contributed by atoms with van der Waals surface area (Å²) in [6, 6.07) is 4.92. The number of carbonyl (C=O) groups is 2. The van der Waals surface area contributed by atoms with Crippen molar-refractivity contribution in [1.29, 1.82) is 0 Å². The van der Waals surface area contributed by atoms with Gasteiger partial charge in [0.1, 0.15) is 12.3 Å². The number of anilines is 1. The fourth-order valence-electron chi connectivity index (χ4n) is 1.85. The minimum absolute atomic E-state index is 0.372. The van der Waals surface area contributed by atoms with Gasteiger partial charge < -0.3 is 20.1 Å². The lowest BCUT2D eigenvalue weighted by molar-refractivity contribution is -0.138. The van der Waals surface area contributed by atoms with Crippen LogP contribution in [0.3, 0.4) is 0 Å². The highest BCUT2D eigenvalue weighted by atomic mass is 16.5. The first-order valence-electron chi connectivity index (χ1n) is 6.60. The van der Waals surface area contributed by atoms with Gasteiger partial charge in [0.2, 0.25) is 0 Å². The summed E-state index contributed by atoms with van der Waals surface area (Å²) < 4.78 is 5.20. The number of carboxylic acid groups (broad SMARTS) is 1. The Morgan fingerprint density at radius 1 is 1.33 bits per heavy atom. The van der Waals surface area contributed by atoms with Crippen LogP contribution in [-0.4, -0.2) is 41.2 Å². The van der Waals surface area contributed by atoms with E-state index in [1.54, 1.807) is 32.9 Å². The summed E-state index contributed by atoms with van der Waals surface area (Å²) >= 11 is 0. The molecule has 0 aliphatic heterocycles. The molecule has 116 valence electrons. The fraction of sp³-hybridized carbons (Fsp3) is 0.467. The zero-order valence-corrected chi connectivity index (χ0v) is 13.1. The fourth-order valence-corrected chi connectivity index (χ4v) is 1.85. The number of urea groups is 1. The Morgan fingerprint density at radius 2 is 1.95 bits per heavy atom. The molecule has 0 saturated carbocycles. The maximum absolute atomic E-state index is 12.4. The van der Waals surface area contributed by atoms with E-state index in [1.165, 1.54) is 12.0 Å². The highest BCUT2D eigenvalue weighted by Crippen LogP contribution is 2.26. The summed E-state index contributed by atoms with van der Waals surface area (Å²) in [6.45, 7) is 6.87. The van der Waals surface area contributed by atoms with Crippen LogP contribution >= 0.6 is 0 Å². The van der Waals surface area contributed by atoms with Gasteiger partial charge in [0.15, 0.2) is 0 Å². The van der Waals surface area contributed by atoms with Gasteiger partial charge >= 0.3 is 12.0 Å². The molecule has 0 aromatic heterocycles. The number of ether oxygens (including phenoxy) is 1. The van der Waals surface area contributed by atoms with Crippen LogP contribution in [0.2, 0.25) is 0 Å². The molecule has 1 aromatic carbocycles. The van der Waals surface area contributed by atoms with Crippen molar-refractivity contribution >= 4 is 17.7 Å². The summed E-state index contributed by atoms with van der Waals surface area (Å²) in [7, 11) is 1.51. The van der Waals surface area contributed by atoms with Crippen LogP contribution in [0.5, 0.6) is 5.75 Å². The first-order valence-corrected chi connectivity index (χ1v) is 6.60. The number of nitrogens with one attached hydrogen (secondary N) is 1. The Balaban J connectivity index is 3.01. The number of hydrogen-bond acceptors (Lipinski definition) is 3. The van der Waals surface area contributed by atoms with E-state index in [4.69, 9.17) is 9.84 Å². The van der Waals surface area contributed by atoms with Gasteiger partial charge in [-0.05, 0) is 45.4 Å². The molecule has 2 N–H and O–H groups in total. The lowest BCUT2D eigenvalue weighted by Gasteiger charge is -2.34. The third-order valence-corrected chi connectivity index (χ3v) is 2.94. The molecule has 0 atom stereocenters. The number of carboxylic acids is 1. The number of nitrogens with zero attached hydrogens (tertiary/aromatic N) is 1. The topological polar surface area (TPSA) is 78.9 Å². The highest BCUT2D eigenvalue weighted by molar-refractivity contribution is 5.93. The SMILES string of the molecule is COc1ccc(C)cc1NC(=O)N(CC(=O)O)C(C)(C)C. The van der Waals surface area contributed by atoms with Crippen molar-refractivity contribution in [3.05, 3.63) is 23.8 Å². The van der Waals surface area contributed by atoms with Crippen molar-refractivity contribution in [2.75, 3.05) is 19.0 Å². The van der Waals surface area contributed by atoms with Gasteiger partial charge in [-0.3, -0.25) is 4.79 Å². The number of benzene rings is 1. The number of amides is 2. The number of aryl methyl sites for hydroxylation is 1. The van der Waals surface area contributed by atoms with E-state index in [0.29, 0.717) is 11.4 Å². The van der Waals surface area contributed by atoms with Crippen molar-refractivity contribution in [2.24, 2.45) is 0 Å². The number of carbonyl (C=O) groups excluding carboxylic acids is 1. The first kappa shape index (κ1) is 16.8. The largest absolute Gasteiger partial charge is 0.495 e. The van der Waals surface area contributed by atoms with Crippen LogP contribution in [0.4, 0.5) is 10.5 Å². The minimum atomic E-state index is -1.06. The standard InChI is InChI=1S/C15H22N2O4/c1-10-6-7-12(21-5)11(8-10)16-14(20)17(9-13(18)19)15(2,3)4/h6-8H,9H2,1-5H3,(H,16,20)(H,18,19). The molecule has 6 nitrogen and oxygen atoms in total. The molecular formula is C15H22N2O4. The molecule has 0 heterocycles. The Kier molecular flexibility index (Phi) is 5.18. The van der Waals surface area contributed by atoms with E-state index in [1.807, 2.05) is 13.0 Å². The second-order valence-electron chi connectivity index (χ2n) is 5.78. The molecule has 0 saturated heterocycles. The molecule has 0 aliphatic rings. The van der Waals surface area contributed by atoms with Crippen molar-refractivity contribution < 1.29 is 19.4 Å². The Hall–Kier alpha value is -2.24. The molecule has 0 bridgehead atoms. The molecule has 0 spiro atoms. The van der Waals surface area contributed by atoms with Crippen LogP contribution < -0.4 is 10.1 Å². The molecule has 0 radical (unpaired) electrons. The second-order valence-corrected chi connectivity index (χ2v) is 5.78. The summed E-state index contributed by atoms with van der Waals surface area (Å²) in [5, 5.41) is 11.7. The monoisotopic (exact) mass is 294 g/mol. The van der Waals surface area contributed by atoms with E-state index in [2.05, 4.69) is 5.32 Å². The number of aliphatic carboxylic acids is 1. The third kappa shape index (κ3) is 4.66. The number of methoxy groups -OCH3 is 1. The number of rotatable bonds is 4. The van der Waals surface area contributed by atoms with Gasteiger partial charge in [-0.25, -0.2) is 4.79 Å². The van der Waals surface area contributed by atoms with Crippen LogP contribution in [0.15, 0.2) is 18.2 Å². The molecule has 2 amide bonds. The van der Waals surface area contributed by atoms with E-state index in [-0.39, 0.29) is 6.54 Å². The van der Waals surface area contributed by atoms with E-state index in [0.717, 1.165) is 5.56 Å². The van der Waals surface area contributed by atoms with Gasteiger partial charge in [-0.1, -0.05) is 6.07 Å². The minimum Gasteiger partial charge on any atom is -0.495 e. The van der Waals surface area contributed by atoms with Crippen LogP contribution in [0.25, 0.3) is 0 Å². The molecule has 1 rings (SSSR count). The Morgan fingerprint density at radius 3 is 2.43 bits per heavy atom. The summed E-state index contributed by atoms with van der Waals surface area (Å²) in [4.78, 5) is 24.6. The average Bonchev–Trinajstić information content (AvgIpc) is 2.34. The highest BCUT2D eigenvalue weighted by Gasteiger charge is 2.28. The summed E-state index contributed by atoms with van der Waals surface area (Å²) in [6.07, 6.45) is 0. The molecule has 1 aromatic rings. The smallest absolute Gasteiger partial charge is 0.323 e. The van der Waals surface area contributed by atoms with Crippen molar-refractivity contribution in [3.8, 4) is 5.75 Å². The van der Waals surface area contributed by atoms with Crippen LogP contribution in [-0.2, 0) is 4.79 Å². The van der Waals surface area contributed by atoms with Crippen LogP contribution in [0, 0.1) is 6.92 Å². The van der Waals surface area contributed by atoms with E-state index < -0.39 is 17.5 Å². The van der Waals surface area contributed by atoms with Gasteiger partial charge in [-0.2, -0.15) is 0 Å². The van der Waals surface area contributed by atoms with E-state index in [9.17, 15) is 9.59 Å². The first-order chi connectivity index (χ1) is 9.65. The predicted molar refractivity (Wildman–Crippen MR) is 80.8 cm³/mol. The lowest BCUT2D eigenvalue weighted by atomic mass is 10.1. The maximum atomic E-state index is 12.4. The number of hydrogen-bond donors (Lipinski definition) is 2. The van der Waals surface area contributed by atoms with Crippen molar-refractivity contribution in [3.63, 3.8) is 0 Å². The van der Waals surface area contributed by atoms with Crippen LogP contribution in [0.1, 0.15) is 26.3 Å². The average molecular weight is 294 g/mol. The van der Waals surface area contributed by atoms with Crippen molar-refractivity contribution in [2.45, 2.75) is 33.2 Å². The quantitative estimate of drug-likeness (QED) is 0.895. The van der Waals surface area contributed by atoms with Gasteiger partial charge in [0, 0.05) is 5.54 Å². The Labute approximate surface area is 124 Å². The van der Waals surface area contributed by atoms with Gasteiger partial charge in [0.25, 0.3) is 0 Å². The van der Waals surface area contributed by atoms with Gasteiger partial charge in [0.05, 0.1) is 12.8 Å². The summed E-state index contributed by atoms with van der Waals surface area (Å²) in [5.41, 5.74) is 0.869. The predicted octanol–water partition coefficient (Wildman–Crippen LogP) is 2.72. The van der Waals surface area contributed by atoms with E-state index >= 15 is 0 Å². The third-order valence-electron chi connectivity index (χ3n) is 2.94. The zero-order chi connectivity index (χ0) is 16.2. The molecule has 0 unspecified atom stereocenters. The molecule has 0 fully saturated rings. The van der Waals surface area contributed by atoms with Gasteiger partial charge in [-0.15, -0.1) is 0 Å². The van der Waals surface area contributed by atoms with Crippen molar-refractivity contribution in [1.82, 2.24) is 4.90 Å². The normalized spacial score (nSPS) is 10.9. The molecule has 0 aliphatic carbocycles.